The van der Waals surface area contributed by atoms with Gasteiger partial charge in [-0.05, 0) is 42.7 Å². The normalized spacial score (nSPS) is 13.4. The SMILES string of the molecule is CCCCCCCCC(c1ccccc1O)C(CCCCCC)CCCCCCC. The smallest absolute Gasteiger partial charge is 0.119 e. The number of aromatic hydroxyl groups is 1. The van der Waals surface area contributed by atoms with Crippen LogP contribution < -0.4 is 0 Å². The highest BCUT2D eigenvalue weighted by atomic mass is 16.3. The van der Waals surface area contributed by atoms with Crippen molar-refractivity contribution in [1.82, 2.24) is 0 Å². The van der Waals surface area contributed by atoms with Crippen molar-refractivity contribution in [2.24, 2.45) is 5.92 Å². The van der Waals surface area contributed by atoms with Gasteiger partial charge < -0.3 is 5.11 Å². The van der Waals surface area contributed by atoms with Gasteiger partial charge in [-0.25, -0.2) is 0 Å². The van der Waals surface area contributed by atoms with Crippen LogP contribution in [0.2, 0.25) is 0 Å². The summed E-state index contributed by atoms with van der Waals surface area (Å²) < 4.78 is 0. The Hall–Kier alpha value is -0.980. The molecule has 2 atom stereocenters. The maximum Gasteiger partial charge on any atom is 0.119 e. The van der Waals surface area contributed by atoms with Gasteiger partial charge in [-0.3, -0.25) is 0 Å². The van der Waals surface area contributed by atoms with Crippen LogP contribution in [0.3, 0.4) is 0 Å². The van der Waals surface area contributed by atoms with Gasteiger partial charge in [0.25, 0.3) is 0 Å². The van der Waals surface area contributed by atoms with Crippen LogP contribution in [0.25, 0.3) is 0 Å². The summed E-state index contributed by atoms with van der Waals surface area (Å²) in [6.07, 6.45) is 24.2. The predicted octanol–water partition coefficient (Wildman–Crippen LogP) is 10.2. The zero-order valence-electron chi connectivity index (χ0n) is 20.6. The highest BCUT2D eigenvalue weighted by Gasteiger charge is 2.24. The van der Waals surface area contributed by atoms with Crippen LogP contribution in [0, 0.1) is 5.92 Å². The fraction of sp³-hybridized carbons (Fsp3) is 0.793. The first-order valence-corrected chi connectivity index (χ1v) is 13.5. The zero-order valence-corrected chi connectivity index (χ0v) is 20.6. The fourth-order valence-electron chi connectivity index (χ4n) is 4.98. The average Bonchev–Trinajstić information content (AvgIpc) is 2.76. The molecular formula is C29H52O. The highest BCUT2D eigenvalue weighted by molar-refractivity contribution is 5.35. The summed E-state index contributed by atoms with van der Waals surface area (Å²) >= 11 is 0. The molecule has 0 saturated carbocycles. The first-order valence-electron chi connectivity index (χ1n) is 13.5. The maximum atomic E-state index is 10.7. The first kappa shape index (κ1) is 27.1. The molecule has 1 aromatic carbocycles. The molecule has 0 fully saturated rings. The molecule has 0 amide bonds. The third-order valence-electron chi connectivity index (χ3n) is 6.88. The minimum atomic E-state index is 0.526. The van der Waals surface area contributed by atoms with Crippen molar-refractivity contribution in [1.29, 1.82) is 0 Å². The van der Waals surface area contributed by atoms with E-state index in [1.54, 1.807) is 0 Å². The molecule has 1 aromatic rings. The quantitative estimate of drug-likeness (QED) is 0.210. The number of phenols is 1. The molecule has 1 heteroatoms. The molecular weight excluding hydrogens is 364 g/mol. The molecule has 0 aliphatic carbocycles. The van der Waals surface area contributed by atoms with E-state index < -0.39 is 0 Å². The number of phenolic OH excluding ortho intramolecular Hbond substituents is 1. The van der Waals surface area contributed by atoms with Crippen molar-refractivity contribution in [3.05, 3.63) is 29.8 Å². The Labute approximate surface area is 189 Å². The van der Waals surface area contributed by atoms with Crippen molar-refractivity contribution in [3.63, 3.8) is 0 Å². The monoisotopic (exact) mass is 416 g/mol. The lowest BCUT2D eigenvalue weighted by Gasteiger charge is -2.29. The Morgan fingerprint density at radius 2 is 1.00 bits per heavy atom. The number of hydrogen-bond acceptors (Lipinski definition) is 1. The van der Waals surface area contributed by atoms with E-state index in [1.807, 2.05) is 12.1 Å². The van der Waals surface area contributed by atoms with Gasteiger partial charge in [0.2, 0.25) is 0 Å². The zero-order chi connectivity index (χ0) is 21.9. The number of unbranched alkanes of at least 4 members (excludes halogenated alkanes) is 12. The van der Waals surface area contributed by atoms with E-state index in [1.165, 1.54) is 121 Å². The topological polar surface area (TPSA) is 20.2 Å². The number of benzene rings is 1. The van der Waals surface area contributed by atoms with Gasteiger partial charge in [-0.2, -0.15) is 0 Å². The molecule has 0 aromatic heterocycles. The van der Waals surface area contributed by atoms with Crippen molar-refractivity contribution in [2.75, 3.05) is 0 Å². The van der Waals surface area contributed by atoms with Gasteiger partial charge in [-0.15, -0.1) is 0 Å². The van der Waals surface area contributed by atoms with Gasteiger partial charge >= 0.3 is 0 Å². The molecule has 0 spiro atoms. The van der Waals surface area contributed by atoms with E-state index >= 15 is 0 Å². The summed E-state index contributed by atoms with van der Waals surface area (Å²) in [4.78, 5) is 0. The summed E-state index contributed by atoms with van der Waals surface area (Å²) in [6.45, 7) is 6.89. The number of para-hydroxylation sites is 1. The van der Waals surface area contributed by atoms with Crippen molar-refractivity contribution >= 4 is 0 Å². The van der Waals surface area contributed by atoms with Gasteiger partial charge in [0, 0.05) is 0 Å². The van der Waals surface area contributed by atoms with Crippen LogP contribution in [-0.2, 0) is 0 Å². The second kappa shape index (κ2) is 18.8. The molecule has 2 unspecified atom stereocenters. The molecule has 174 valence electrons. The minimum absolute atomic E-state index is 0.526. The first-order chi connectivity index (χ1) is 14.7. The van der Waals surface area contributed by atoms with Gasteiger partial charge in [0.05, 0.1) is 0 Å². The van der Waals surface area contributed by atoms with Crippen LogP contribution in [0.4, 0.5) is 0 Å². The number of hydrogen-bond donors (Lipinski definition) is 1. The van der Waals surface area contributed by atoms with E-state index in [-0.39, 0.29) is 0 Å². The Morgan fingerprint density at radius 3 is 1.53 bits per heavy atom. The lowest BCUT2D eigenvalue weighted by atomic mass is 9.76. The van der Waals surface area contributed by atoms with E-state index in [4.69, 9.17) is 0 Å². The lowest BCUT2D eigenvalue weighted by molar-refractivity contribution is 0.314. The number of rotatable bonds is 20. The molecule has 0 radical (unpaired) electrons. The van der Waals surface area contributed by atoms with Gasteiger partial charge in [0.15, 0.2) is 0 Å². The standard InChI is InChI=1S/C29H52O/c1-4-7-10-13-15-18-23-27(28-24-19-20-25-29(28)30)26(21-16-12-9-6-3)22-17-14-11-8-5-2/h19-20,24-27,30H,4-18,21-23H2,1-3H3. The third kappa shape index (κ3) is 12.0. The lowest BCUT2D eigenvalue weighted by Crippen LogP contribution is -2.14. The van der Waals surface area contributed by atoms with Crippen LogP contribution in [0.1, 0.15) is 148 Å². The van der Waals surface area contributed by atoms with Crippen molar-refractivity contribution < 1.29 is 5.11 Å². The van der Waals surface area contributed by atoms with Crippen LogP contribution in [0.5, 0.6) is 5.75 Å². The fourth-order valence-corrected chi connectivity index (χ4v) is 4.98. The van der Waals surface area contributed by atoms with Crippen LogP contribution >= 0.6 is 0 Å². The van der Waals surface area contributed by atoms with Crippen molar-refractivity contribution in [3.8, 4) is 5.75 Å². The molecule has 1 rings (SSSR count). The Kier molecular flexibility index (Phi) is 16.9. The Bertz CT molecular complexity index is 495. The summed E-state index contributed by atoms with van der Waals surface area (Å²) in [5, 5.41) is 10.7. The summed E-state index contributed by atoms with van der Waals surface area (Å²) in [7, 11) is 0. The van der Waals surface area contributed by atoms with Crippen LogP contribution in [-0.4, -0.2) is 5.11 Å². The summed E-state index contributed by atoms with van der Waals surface area (Å²) in [5.41, 5.74) is 1.22. The van der Waals surface area contributed by atoms with Gasteiger partial charge in [-0.1, -0.05) is 135 Å². The molecule has 0 aliphatic heterocycles. The van der Waals surface area contributed by atoms with Crippen LogP contribution in [0.15, 0.2) is 24.3 Å². The van der Waals surface area contributed by atoms with E-state index in [9.17, 15) is 5.11 Å². The second-order valence-corrected chi connectivity index (χ2v) is 9.53. The van der Waals surface area contributed by atoms with Gasteiger partial charge in [0.1, 0.15) is 5.75 Å². The highest BCUT2D eigenvalue weighted by Crippen LogP contribution is 2.40. The summed E-state index contributed by atoms with van der Waals surface area (Å²) in [5.74, 6) is 1.79. The molecule has 0 saturated heterocycles. The summed E-state index contributed by atoms with van der Waals surface area (Å²) in [6, 6.07) is 8.20. The average molecular weight is 417 g/mol. The molecule has 0 heterocycles. The van der Waals surface area contributed by atoms with E-state index in [0.29, 0.717) is 11.7 Å². The van der Waals surface area contributed by atoms with Crippen molar-refractivity contribution in [2.45, 2.75) is 142 Å². The van der Waals surface area contributed by atoms with E-state index in [2.05, 4.69) is 32.9 Å². The third-order valence-corrected chi connectivity index (χ3v) is 6.88. The molecule has 0 bridgehead atoms. The van der Waals surface area contributed by atoms with E-state index in [0.717, 1.165) is 5.92 Å². The Morgan fingerprint density at radius 1 is 0.567 bits per heavy atom. The Balaban J connectivity index is 2.76. The molecule has 0 aliphatic rings. The predicted molar refractivity (Wildman–Crippen MR) is 134 cm³/mol. The molecule has 1 N–H and O–H groups in total. The minimum Gasteiger partial charge on any atom is -0.508 e. The second-order valence-electron chi connectivity index (χ2n) is 9.53. The largest absolute Gasteiger partial charge is 0.508 e. The molecule has 30 heavy (non-hydrogen) atoms. The maximum absolute atomic E-state index is 10.7. The molecule has 1 nitrogen and oxygen atoms in total.